The summed E-state index contributed by atoms with van der Waals surface area (Å²) in [5, 5.41) is 6.67. The Morgan fingerprint density at radius 2 is 2.05 bits per heavy atom. The average molecular weight is 312 g/mol. The maximum Gasteiger partial charge on any atom is 0.407 e. The van der Waals surface area contributed by atoms with Crippen molar-refractivity contribution in [3.8, 4) is 0 Å². The molecular formula is C16H32N4O2. The highest BCUT2D eigenvalue weighted by Crippen LogP contribution is 2.24. The SMILES string of the molecule is CC1CN(CC2(NC(=O)OC(C)C)CCN(C)CC2)CCN1. The number of hydrogen-bond donors (Lipinski definition) is 2. The Balaban J connectivity index is 1.99. The minimum Gasteiger partial charge on any atom is -0.447 e. The van der Waals surface area contributed by atoms with Crippen molar-refractivity contribution < 1.29 is 9.53 Å². The molecule has 2 aliphatic rings. The van der Waals surface area contributed by atoms with E-state index in [1.165, 1.54) is 0 Å². The second kappa shape index (κ2) is 7.62. The molecule has 1 unspecified atom stereocenters. The van der Waals surface area contributed by atoms with Crippen molar-refractivity contribution in [1.29, 1.82) is 0 Å². The summed E-state index contributed by atoms with van der Waals surface area (Å²) < 4.78 is 5.32. The molecule has 22 heavy (non-hydrogen) atoms. The lowest BCUT2D eigenvalue weighted by Gasteiger charge is -2.45. The molecule has 0 aromatic rings. The molecule has 0 aromatic heterocycles. The van der Waals surface area contributed by atoms with Gasteiger partial charge in [-0.3, -0.25) is 4.90 Å². The number of rotatable bonds is 4. The topological polar surface area (TPSA) is 56.8 Å². The fourth-order valence-electron chi connectivity index (χ4n) is 3.41. The summed E-state index contributed by atoms with van der Waals surface area (Å²) in [6.45, 7) is 12.0. The van der Waals surface area contributed by atoms with Crippen molar-refractivity contribution >= 4 is 6.09 Å². The first-order valence-corrected chi connectivity index (χ1v) is 8.52. The van der Waals surface area contributed by atoms with Gasteiger partial charge in [-0.2, -0.15) is 0 Å². The number of carbonyl (C=O) groups is 1. The number of nitrogens with one attached hydrogen (secondary N) is 2. The summed E-state index contributed by atoms with van der Waals surface area (Å²) in [7, 11) is 2.14. The van der Waals surface area contributed by atoms with E-state index in [4.69, 9.17) is 4.74 Å². The van der Waals surface area contributed by atoms with E-state index in [-0.39, 0.29) is 17.7 Å². The Labute approximate surface area is 134 Å². The van der Waals surface area contributed by atoms with Crippen LogP contribution in [-0.4, -0.2) is 79.9 Å². The first-order valence-electron chi connectivity index (χ1n) is 8.52. The average Bonchev–Trinajstić information content (AvgIpc) is 2.41. The van der Waals surface area contributed by atoms with E-state index >= 15 is 0 Å². The van der Waals surface area contributed by atoms with Crippen molar-refractivity contribution in [2.45, 2.75) is 51.3 Å². The Hall–Kier alpha value is -0.850. The summed E-state index contributed by atoms with van der Waals surface area (Å²) >= 11 is 0. The van der Waals surface area contributed by atoms with Crippen LogP contribution in [-0.2, 0) is 4.74 Å². The van der Waals surface area contributed by atoms with Gasteiger partial charge in [-0.15, -0.1) is 0 Å². The highest BCUT2D eigenvalue weighted by atomic mass is 16.6. The van der Waals surface area contributed by atoms with Crippen LogP contribution >= 0.6 is 0 Å². The summed E-state index contributed by atoms with van der Waals surface area (Å²) in [5.41, 5.74) is -0.157. The van der Waals surface area contributed by atoms with Gasteiger partial charge in [-0.05, 0) is 40.7 Å². The van der Waals surface area contributed by atoms with Gasteiger partial charge in [0.15, 0.2) is 0 Å². The van der Waals surface area contributed by atoms with E-state index in [9.17, 15) is 4.79 Å². The van der Waals surface area contributed by atoms with E-state index < -0.39 is 0 Å². The van der Waals surface area contributed by atoms with Crippen LogP contribution in [0.5, 0.6) is 0 Å². The zero-order valence-corrected chi connectivity index (χ0v) is 14.5. The molecule has 6 nitrogen and oxygen atoms in total. The molecule has 0 radical (unpaired) electrons. The molecule has 6 heteroatoms. The number of piperazine rings is 1. The normalized spacial score (nSPS) is 26.9. The molecule has 2 saturated heterocycles. The van der Waals surface area contributed by atoms with Crippen LogP contribution in [0.25, 0.3) is 0 Å². The molecule has 0 spiro atoms. The second-order valence-corrected chi connectivity index (χ2v) is 7.25. The largest absolute Gasteiger partial charge is 0.447 e. The van der Waals surface area contributed by atoms with Gasteiger partial charge in [-0.25, -0.2) is 4.79 Å². The third-order valence-electron chi connectivity index (χ3n) is 4.63. The Kier molecular flexibility index (Phi) is 6.06. The van der Waals surface area contributed by atoms with E-state index in [0.29, 0.717) is 6.04 Å². The Bertz CT molecular complexity index is 367. The molecule has 2 N–H and O–H groups in total. The van der Waals surface area contributed by atoms with Gasteiger partial charge in [0, 0.05) is 45.3 Å². The van der Waals surface area contributed by atoms with E-state index in [0.717, 1.165) is 52.1 Å². The monoisotopic (exact) mass is 312 g/mol. The van der Waals surface area contributed by atoms with Gasteiger partial charge >= 0.3 is 6.09 Å². The van der Waals surface area contributed by atoms with Gasteiger partial charge in [0.1, 0.15) is 0 Å². The van der Waals surface area contributed by atoms with Crippen LogP contribution in [0.1, 0.15) is 33.6 Å². The van der Waals surface area contributed by atoms with E-state index in [1.807, 2.05) is 13.8 Å². The highest BCUT2D eigenvalue weighted by molar-refractivity contribution is 5.68. The Morgan fingerprint density at radius 1 is 1.36 bits per heavy atom. The molecule has 0 aromatic carbocycles. The lowest BCUT2D eigenvalue weighted by Crippen LogP contribution is -2.63. The molecule has 2 heterocycles. The first-order chi connectivity index (χ1) is 10.4. The lowest BCUT2D eigenvalue weighted by molar-refractivity contribution is 0.0666. The molecular weight excluding hydrogens is 280 g/mol. The minimum absolute atomic E-state index is 0.0810. The molecule has 0 saturated carbocycles. The number of carbonyl (C=O) groups excluding carboxylic acids is 1. The quantitative estimate of drug-likeness (QED) is 0.807. The predicted molar refractivity (Wildman–Crippen MR) is 88.1 cm³/mol. The number of hydrogen-bond acceptors (Lipinski definition) is 5. The molecule has 0 aliphatic carbocycles. The van der Waals surface area contributed by atoms with E-state index in [1.54, 1.807) is 0 Å². The van der Waals surface area contributed by atoms with Crippen LogP contribution in [0, 0.1) is 0 Å². The second-order valence-electron chi connectivity index (χ2n) is 7.25. The molecule has 128 valence electrons. The third-order valence-corrected chi connectivity index (χ3v) is 4.63. The highest BCUT2D eigenvalue weighted by Gasteiger charge is 2.38. The van der Waals surface area contributed by atoms with Gasteiger partial charge in [0.25, 0.3) is 0 Å². The molecule has 0 bridgehead atoms. The Morgan fingerprint density at radius 3 is 2.64 bits per heavy atom. The zero-order chi connectivity index (χ0) is 16.2. The summed E-state index contributed by atoms with van der Waals surface area (Å²) in [6, 6.07) is 0.514. The number of likely N-dealkylation sites (tertiary alicyclic amines) is 1. The first kappa shape index (κ1) is 17.5. The predicted octanol–water partition coefficient (Wildman–Crippen LogP) is 0.879. The fourth-order valence-corrected chi connectivity index (χ4v) is 3.41. The molecule has 2 aliphatic heterocycles. The number of nitrogens with zero attached hydrogens (tertiary/aromatic N) is 2. The van der Waals surface area contributed by atoms with Crippen LogP contribution in [0.2, 0.25) is 0 Å². The lowest BCUT2D eigenvalue weighted by atomic mass is 9.86. The minimum atomic E-state index is -0.275. The maximum atomic E-state index is 12.1. The summed E-state index contributed by atoms with van der Waals surface area (Å²) in [5.74, 6) is 0. The number of alkyl carbamates (subject to hydrolysis) is 1. The number of piperidine rings is 1. The van der Waals surface area contributed by atoms with Crippen LogP contribution < -0.4 is 10.6 Å². The van der Waals surface area contributed by atoms with E-state index in [2.05, 4.69) is 34.4 Å². The summed E-state index contributed by atoms with van der Waals surface area (Å²) in [6.07, 6.45) is 1.61. The standard InChI is InChI=1S/C16H32N4O2/c1-13(2)22-15(21)18-16(5-8-19(4)9-6-16)12-20-10-7-17-14(3)11-20/h13-14,17H,5-12H2,1-4H3,(H,18,21). The van der Waals surface area contributed by atoms with Crippen molar-refractivity contribution in [2.24, 2.45) is 0 Å². The van der Waals surface area contributed by atoms with Crippen molar-refractivity contribution in [3.05, 3.63) is 0 Å². The summed E-state index contributed by atoms with van der Waals surface area (Å²) in [4.78, 5) is 16.9. The maximum absolute atomic E-state index is 12.1. The third kappa shape index (κ3) is 5.11. The van der Waals surface area contributed by atoms with Gasteiger partial charge in [0.05, 0.1) is 11.6 Å². The number of ether oxygens (including phenoxy) is 1. The van der Waals surface area contributed by atoms with Crippen LogP contribution in [0.3, 0.4) is 0 Å². The van der Waals surface area contributed by atoms with Crippen molar-refractivity contribution in [1.82, 2.24) is 20.4 Å². The fraction of sp³-hybridized carbons (Fsp3) is 0.938. The van der Waals surface area contributed by atoms with Gasteiger partial charge in [0.2, 0.25) is 0 Å². The van der Waals surface area contributed by atoms with Crippen LogP contribution in [0.4, 0.5) is 4.79 Å². The molecule has 2 rings (SSSR count). The number of amides is 1. The molecule has 1 atom stereocenters. The molecule has 1 amide bonds. The van der Waals surface area contributed by atoms with Crippen LogP contribution in [0.15, 0.2) is 0 Å². The van der Waals surface area contributed by atoms with Crippen molar-refractivity contribution in [3.63, 3.8) is 0 Å². The van der Waals surface area contributed by atoms with Gasteiger partial charge in [-0.1, -0.05) is 0 Å². The zero-order valence-electron chi connectivity index (χ0n) is 14.5. The van der Waals surface area contributed by atoms with Gasteiger partial charge < -0.3 is 20.3 Å². The smallest absolute Gasteiger partial charge is 0.407 e. The molecule has 2 fully saturated rings. The van der Waals surface area contributed by atoms with Crippen molar-refractivity contribution in [2.75, 3.05) is 46.3 Å².